The van der Waals surface area contributed by atoms with E-state index in [9.17, 15) is 43.2 Å². The van der Waals surface area contributed by atoms with Gasteiger partial charge in [0, 0.05) is 25.7 Å². The second-order valence-electron chi connectivity index (χ2n) is 11.8. The van der Waals surface area contributed by atoms with Gasteiger partial charge in [-0.05, 0) is 25.7 Å². The highest BCUT2D eigenvalue weighted by Gasteiger charge is 2.30. The van der Waals surface area contributed by atoms with Gasteiger partial charge in [-0.15, -0.1) is 0 Å². The fraction of sp³-hybridized carbons (Fsp3) is 0.875. The molecule has 0 aromatic rings. The van der Waals surface area contributed by atoms with Gasteiger partial charge in [0.25, 0.3) is 0 Å². The Morgan fingerprint density at radius 3 is 1.14 bits per heavy atom. The SMILES string of the molecule is CCCCCC(=O)OC[C@H](COP(=O)(O)OC[C@@H](O)COP(=O)(O)OC[C@@H](COC(=O)CCCC)OC(=O)CCCCC)OC(=O)CCCCC. The first-order valence-electron chi connectivity index (χ1n) is 17.8. The molecule has 51 heavy (non-hydrogen) atoms. The average Bonchev–Trinajstić information content (AvgIpc) is 3.08. The molecule has 0 fully saturated rings. The zero-order chi connectivity index (χ0) is 38.5. The van der Waals surface area contributed by atoms with E-state index in [0.29, 0.717) is 25.7 Å². The largest absolute Gasteiger partial charge is 0.472 e. The normalized spacial score (nSPS) is 15.5. The topological polar surface area (TPSA) is 237 Å². The van der Waals surface area contributed by atoms with Crippen molar-refractivity contribution in [3.05, 3.63) is 0 Å². The molecule has 0 saturated heterocycles. The van der Waals surface area contributed by atoms with Crippen molar-refractivity contribution >= 4 is 39.5 Å². The quantitative estimate of drug-likeness (QED) is 0.0325. The lowest BCUT2D eigenvalue weighted by molar-refractivity contribution is -0.161. The lowest BCUT2D eigenvalue weighted by Crippen LogP contribution is -2.30. The summed E-state index contributed by atoms with van der Waals surface area (Å²) in [6.45, 7) is 3.79. The van der Waals surface area contributed by atoms with E-state index < -0.39 is 97.5 Å². The van der Waals surface area contributed by atoms with Crippen molar-refractivity contribution in [2.24, 2.45) is 0 Å². The fourth-order valence-corrected chi connectivity index (χ4v) is 5.53. The zero-order valence-electron chi connectivity index (χ0n) is 30.5. The van der Waals surface area contributed by atoms with E-state index >= 15 is 0 Å². The van der Waals surface area contributed by atoms with Crippen LogP contribution in [0.25, 0.3) is 0 Å². The Morgan fingerprint density at radius 2 is 0.784 bits per heavy atom. The van der Waals surface area contributed by atoms with E-state index in [0.717, 1.165) is 44.9 Å². The monoisotopic (exact) mass is 778 g/mol. The molecule has 19 heteroatoms. The van der Waals surface area contributed by atoms with Crippen LogP contribution in [-0.2, 0) is 65.4 Å². The van der Waals surface area contributed by atoms with Crippen LogP contribution < -0.4 is 0 Å². The van der Waals surface area contributed by atoms with E-state index in [1.165, 1.54) is 0 Å². The third-order valence-corrected chi connectivity index (χ3v) is 8.75. The minimum absolute atomic E-state index is 0.0868. The summed E-state index contributed by atoms with van der Waals surface area (Å²) in [4.78, 5) is 68.5. The van der Waals surface area contributed by atoms with Crippen molar-refractivity contribution in [3.8, 4) is 0 Å². The Morgan fingerprint density at radius 1 is 0.471 bits per heavy atom. The van der Waals surface area contributed by atoms with E-state index in [4.69, 9.17) is 37.0 Å². The number of unbranched alkanes of at least 4 members (excludes halogenated alkanes) is 7. The lowest BCUT2D eigenvalue weighted by Gasteiger charge is -2.21. The molecule has 0 aliphatic rings. The molecular formula is C32H60O17P2. The molecular weight excluding hydrogens is 718 g/mol. The number of phosphoric ester groups is 2. The minimum atomic E-state index is -4.88. The summed E-state index contributed by atoms with van der Waals surface area (Å²) >= 11 is 0. The van der Waals surface area contributed by atoms with Crippen molar-refractivity contribution < 1.29 is 80.2 Å². The molecule has 0 aliphatic heterocycles. The zero-order valence-corrected chi connectivity index (χ0v) is 32.3. The van der Waals surface area contributed by atoms with Gasteiger partial charge >= 0.3 is 39.5 Å². The van der Waals surface area contributed by atoms with Crippen molar-refractivity contribution in [3.63, 3.8) is 0 Å². The number of carbonyl (C=O) groups excluding carboxylic acids is 4. The number of ether oxygens (including phenoxy) is 4. The van der Waals surface area contributed by atoms with Gasteiger partial charge in [0.2, 0.25) is 0 Å². The molecule has 0 aromatic carbocycles. The minimum Gasteiger partial charge on any atom is -0.462 e. The molecule has 300 valence electrons. The van der Waals surface area contributed by atoms with Gasteiger partial charge in [-0.2, -0.15) is 0 Å². The molecule has 5 atom stereocenters. The Hall–Kier alpha value is -1.94. The van der Waals surface area contributed by atoms with Crippen LogP contribution >= 0.6 is 15.6 Å². The first kappa shape index (κ1) is 49.1. The van der Waals surface area contributed by atoms with E-state index in [1.54, 1.807) is 0 Å². The van der Waals surface area contributed by atoms with Crippen molar-refractivity contribution in [2.75, 3.05) is 39.6 Å². The number of carbonyl (C=O) groups is 4. The van der Waals surface area contributed by atoms with E-state index in [2.05, 4.69) is 0 Å². The molecule has 0 spiro atoms. The number of phosphoric acid groups is 2. The van der Waals surface area contributed by atoms with Gasteiger partial charge in [-0.3, -0.25) is 37.3 Å². The smallest absolute Gasteiger partial charge is 0.462 e. The Balaban J connectivity index is 4.99. The molecule has 0 heterocycles. The first-order valence-corrected chi connectivity index (χ1v) is 20.8. The van der Waals surface area contributed by atoms with E-state index in [1.807, 2.05) is 27.7 Å². The molecule has 0 radical (unpaired) electrons. The second-order valence-corrected chi connectivity index (χ2v) is 14.7. The molecule has 0 amide bonds. The van der Waals surface area contributed by atoms with Crippen LogP contribution in [0.5, 0.6) is 0 Å². The highest BCUT2D eigenvalue weighted by atomic mass is 31.2. The lowest BCUT2D eigenvalue weighted by atomic mass is 10.2. The molecule has 3 N–H and O–H groups in total. The van der Waals surface area contributed by atoms with Crippen molar-refractivity contribution in [1.29, 1.82) is 0 Å². The van der Waals surface area contributed by atoms with Gasteiger partial charge in [0.15, 0.2) is 12.2 Å². The summed E-state index contributed by atoms with van der Waals surface area (Å²) in [5.74, 6) is -2.29. The van der Waals surface area contributed by atoms with Crippen LogP contribution in [0.15, 0.2) is 0 Å². The maximum Gasteiger partial charge on any atom is 0.472 e. The summed E-state index contributed by atoms with van der Waals surface area (Å²) in [6.07, 6.45) is 4.44. The Labute approximate surface area is 301 Å². The maximum atomic E-state index is 12.5. The number of esters is 4. The molecule has 0 bridgehead atoms. The van der Waals surface area contributed by atoms with Gasteiger partial charge in [0.1, 0.15) is 19.3 Å². The molecule has 0 saturated carbocycles. The first-order chi connectivity index (χ1) is 24.2. The van der Waals surface area contributed by atoms with Gasteiger partial charge in [-0.1, -0.05) is 72.6 Å². The molecule has 2 unspecified atom stereocenters. The van der Waals surface area contributed by atoms with Gasteiger partial charge in [0.05, 0.1) is 26.4 Å². The number of hydrogen-bond acceptors (Lipinski definition) is 15. The summed E-state index contributed by atoms with van der Waals surface area (Å²) < 4.78 is 64.9. The standard InChI is InChI=1S/C32H60O17P2/c1-5-9-13-17-30(35)43-23-28(49-32(37)19-15-11-7-3)25-47-51(40,41)45-21-26(33)20-44-50(38,39)46-24-27(22-42-29(34)16-12-8-4)48-31(36)18-14-10-6-2/h26-28,33H,5-25H2,1-4H3,(H,38,39)(H,40,41)/t26-,27+,28+/m0/s1. The molecule has 0 rings (SSSR count). The van der Waals surface area contributed by atoms with Crippen LogP contribution in [0.3, 0.4) is 0 Å². The highest BCUT2D eigenvalue weighted by Crippen LogP contribution is 2.45. The third kappa shape index (κ3) is 29.2. The molecule has 0 aliphatic carbocycles. The van der Waals surface area contributed by atoms with Crippen LogP contribution in [0.2, 0.25) is 0 Å². The fourth-order valence-electron chi connectivity index (χ4n) is 3.95. The maximum absolute atomic E-state index is 12.5. The van der Waals surface area contributed by atoms with Crippen LogP contribution in [-0.4, -0.2) is 96.7 Å². The molecule has 17 nitrogen and oxygen atoms in total. The highest BCUT2D eigenvalue weighted by molar-refractivity contribution is 7.47. The number of rotatable bonds is 33. The number of hydrogen-bond donors (Lipinski definition) is 3. The van der Waals surface area contributed by atoms with Crippen molar-refractivity contribution in [1.82, 2.24) is 0 Å². The predicted octanol–water partition coefficient (Wildman–Crippen LogP) is 5.46. The molecule has 0 aromatic heterocycles. The second kappa shape index (κ2) is 29.5. The third-order valence-electron chi connectivity index (χ3n) is 6.85. The van der Waals surface area contributed by atoms with Gasteiger partial charge in [-0.25, -0.2) is 9.13 Å². The average molecular weight is 779 g/mol. The summed E-state index contributed by atoms with van der Waals surface area (Å²) in [5.41, 5.74) is 0. The van der Waals surface area contributed by atoms with Crippen molar-refractivity contribution in [2.45, 2.75) is 142 Å². The summed E-state index contributed by atoms with van der Waals surface area (Å²) in [5, 5.41) is 10.1. The summed E-state index contributed by atoms with van der Waals surface area (Å²) in [6, 6.07) is 0. The van der Waals surface area contributed by atoms with E-state index in [-0.39, 0.29) is 25.7 Å². The number of aliphatic hydroxyl groups is 1. The van der Waals surface area contributed by atoms with Crippen LogP contribution in [0.4, 0.5) is 0 Å². The van der Waals surface area contributed by atoms with Crippen LogP contribution in [0.1, 0.15) is 124 Å². The Bertz CT molecular complexity index is 1070. The Kier molecular flexibility index (Phi) is 28.4. The summed E-state index contributed by atoms with van der Waals surface area (Å²) in [7, 11) is -9.75. The van der Waals surface area contributed by atoms with Crippen LogP contribution in [0, 0.1) is 0 Å². The number of aliphatic hydroxyl groups excluding tert-OH is 1. The van der Waals surface area contributed by atoms with Gasteiger partial charge < -0.3 is 33.8 Å². The predicted molar refractivity (Wildman–Crippen MR) is 183 cm³/mol.